The molecule has 0 spiro atoms. The van der Waals surface area contributed by atoms with Gasteiger partial charge in [0.25, 0.3) is 0 Å². The molecule has 50 heavy (non-hydrogen) atoms. The Hall–Kier alpha value is -6.64. The second-order valence-electron chi connectivity index (χ2n) is 12.7. The van der Waals surface area contributed by atoms with E-state index in [2.05, 4.69) is 210 Å². The van der Waals surface area contributed by atoms with Crippen molar-refractivity contribution in [3.8, 4) is 50.2 Å². The third-order valence-corrected chi connectivity index (χ3v) is 9.57. The van der Waals surface area contributed by atoms with Crippen molar-refractivity contribution < 1.29 is 0 Å². The van der Waals surface area contributed by atoms with Crippen molar-refractivity contribution in [2.75, 3.05) is 5.32 Å². The summed E-state index contributed by atoms with van der Waals surface area (Å²) in [5.74, 6) is 0. The molecule has 9 rings (SSSR count). The second-order valence-corrected chi connectivity index (χ2v) is 12.7. The molecule has 0 fully saturated rings. The number of fused-ring (bicyclic) bond motifs is 3. The highest BCUT2D eigenvalue weighted by Gasteiger charge is 2.15. The molecular weight excluding hydrogens is 605 g/mol. The van der Waals surface area contributed by atoms with Crippen molar-refractivity contribution in [2.24, 2.45) is 0 Å². The van der Waals surface area contributed by atoms with Crippen LogP contribution in [-0.2, 0) is 0 Å². The molecule has 0 bridgehead atoms. The van der Waals surface area contributed by atoms with Crippen LogP contribution in [-0.4, -0.2) is 4.57 Å². The zero-order valence-electron chi connectivity index (χ0n) is 27.5. The van der Waals surface area contributed by atoms with Crippen molar-refractivity contribution in [3.63, 3.8) is 0 Å². The fraction of sp³-hybridized carbons (Fsp3) is 0. The number of benzene rings is 8. The van der Waals surface area contributed by atoms with Crippen LogP contribution < -0.4 is 5.32 Å². The van der Waals surface area contributed by atoms with Gasteiger partial charge in [-0.2, -0.15) is 0 Å². The third kappa shape index (κ3) is 5.53. The molecule has 1 heterocycles. The molecule has 236 valence electrons. The minimum atomic E-state index is 1.06. The Kier molecular flexibility index (Phi) is 7.53. The Balaban J connectivity index is 1.09. The normalized spacial score (nSPS) is 11.2. The SMILES string of the molecule is c1ccc(-c2cccc(Nc3ccccc3-c3cccc(-c4ccc5c(c4)c4ccccc4n5-c4cccc(-c5ccccc5)c4)c3)c2)cc1. The predicted octanol–water partition coefficient (Wildman–Crippen LogP) is 13.2. The number of nitrogens with zero attached hydrogens (tertiary/aromatic N) is 1. The van der Waals surface area contributed by atoms with Gasteiger partial charge in [0.1, 0.15) is 0 Å². The monoisotopic (exact) mass is 638 g/mol. The van der Waals surface area contributed by atoms with Crippen LogP contribution in [0.1, 0.15) is 0 Å². The second kappa shape index (κ2) is 12.8. The van der Waals surface area contributed by atoms with E-state index in [0.29, 0.717) is 0 Å². The average Bonchev–Trinajstić information content (AvgIpc) is 3.53. The maximum atomic E-state index is 3.71. The molecule has 2 nitrogen and oxygen atoms in total. The summed E-state index contributed by atoms with van der Waals surface area (Å²) in [5.41, 5.74) is 15.2. The van der Waals surface area contributed by atoms with Crippen molar-refractivity contribution >= 4 is 33.2 Å². The lowest BCUT2D eigenvalue weighted by molar-refractivity contribution is 1.18. The van der Waals surface area contributed by atoms with Gasteiger partial charge in [0.15, 0.2) is 0 Å². The van der Waals surface area contributed by atoms with Crippen molar-refractivity contribution in [1.29, 1.82) is 0 Å². The van der Waals surface area contributed by atoms with Gasteiger partial charge in [0.2, 0.25) is 0 Å². The molecule has 0 radical (unpaired) electrons. The van der Waals surface area contributed by atoms with Crippen LogP contribution in [0.3, 0.4) is 0 Å². The summed E-state index contributed by atoms with van der Waals surface area (Å²) < 4.78 is 2.39. The Morgan fingerprint density at radius 1 is 0.320 bits per heavy atom. The molecule has 2 heteroatoms. The number of nitrogens with one attached hydrogen (secondary N) is 1. The molecule has 1 aromatic heterocycles. The summed E-state index contributed by atoms with van der Waals surface area (Å²) in [4.78, 5) is 0. The summed E-state index contributed by atoms with van der Waals surface area (Å²) in [6.45, 7) is 0. The molecule has 1 N–H and O–H groups in total. The van der Waals surface area contributed by atoms with Crippen molar-refractivity contribution in [1.82, 2.24) is 4.57 Å². The first-order valence-electron chi connectivity index (χ1n) is 17.1. The smallest absolute Gasteiger partial charge is 0.0541 e. The molecule has 0 atom stereocenters. The van der Waals surface area contributed by atoms with Gasteiger partial charge in [-0.1, -0.05) is 146 Å². The Morgan fingerprint density at radius 3 is 1.68 bits per heavy atom. The molecule has 0 amide bonds. The lowest BCUT2D eigenvalue weighted by Crippen LogP contribution is -1.94. The summed E-state index contributed by atoms with van der Waals surface area (Å²) in [6, 6.07) is 71.7. The molecule has 9 aromatic rings. The van der Waals surface area contributed by atoms with Crippen molar-refractivity contribution in [3.05, 3.63) is 200 Å². The molecule has 0 saturated heterocycles. The molecule has 0 aliphatic carbocycles. The van der Waals surface area contributed by atoms with Crippen LogP contribution in [0.25, 0.3) is 72.0 Å². The third-order valence-electron chi connectivity index (χ3n) is 9.57. The van der Waals surface area contributed by atoms with Crippen LogP contribution in [0, 0.1) is 0 Å². The molecule has 0 aliphatic heterocycles. The number of hydrogen-bond donors (Lipinski definition) is 1. The van der Waals surface area contributed by atoms with E-state index in [1.165, 1.54) is 60.8 Å². The Bertz CT molecular complexity index is 2610. The lowest BCUT2D eigenvalue weighted by atomic mass is 9.97. The van der Waals surface area contributed by atoms with Crippen LogP contribution in [0.15, 0.2) is 200 Å². The average molecular weight is 639 g/mol. The number of hydrogen-bond acceptors (Lipinski definition) is 1. The highest BCUT2D eigenvalue weighted by atomic mass is 15.0. The van der Waals surface area contributed by atoms with Gasteiger partial charge in [0.05, 0.1) is 11.0 Å². The van der Waals surface area contributed by atoms with Crippen LogP contribution in [0.5, 0.6) is 0 Å². The van der Waals surface area contributed by atoms with E-state index in [4.69, 9.17) is 0 Å². The fourth-order valence-electron chi connectivity index (χ4n) is 7.16. The number of aromatic nitrogens is 1. The van der Waals surface area contributed by atoms with E-state index in [9.17, 15) is 0 Å². The molecule has 8 aromatic carbocycles. The Labute approximate surface area is 292 Å². The van der Waals surface area contributed by atoms with Gasteiger partial charge >= 0.3 is 0 Å². The van der Waals surface area contributed by atoms with E-state index in [0.717, 1.165) is 22.6 Å². The zero-order valence-corrected chi connectivity index (χ0v) is 27.5. The largest absolute Gasteiger partial charge is 0.355 e. The van der Waals surface area contributed by atoms with Gasteiger partial charge < -0.3 is 9.88 Å². The fourth-order valence-corrected chi connectivity index (χ4v) is 7.16. The first-order valence-corrected chi connectivity index (χ1v) is 17.1. The Morgan fingerprint density at radius 2 is 0.880 bits per heavy atom. The predicted molar refractivity (Wildman–Crippen MR) is 212 cm³/mol. The summed E-state index contributed by atoms with van der Waals surface area (Å²) in [6.07, 6.45) is 0. The zero-order chi connectivity index (χ0) is 33.3. The van der Waals surface area contributed by atoms with Gasteiger partial charge in [-0.15, -0.1) is 0 Å². The summed E-state index contributed by atoms with van der Waals surface area (Å²) in [5, 5.41) is 6.21. The van der Waals surface area contributed by atoms with E-state index < -0.39 is 0 Å². The molecule has 0 aliphatic rings. The summed E-state index contributed by atoms with van der Waals surface area (Å²) >= 11 is 0. The van der Waals surface area contributed by atoms with Gasteiger partial charge in [-0.05, 0) is 93.5 Å². The topological polar surface area (TPSA) is 17.0 Å². The lowest BCUT2D eigenvalue weighted by Gasteiger charge is -2.14. The van der Waals surface area contributed by atoms with E-state index in [1.807, 2.05) is 0 Å². The van der Waals surface area contributed by atoms with Crippen LogP contribution in [0.4, 0.5) is 11.4 Å². The number of rotatable bonds is 7. The number of anilines is 2. The molecular formula is C48H34N2. The molecule has 0 saturated carbocycles. The summed E-state index contributed by atoms with van der Waals surface area (Å²) in [7, 11) is 0. The minimum Gasteiger partial charge on any atom is -0.355 e. The maximum Gasteiger partial charge on any atom is 0.0541 e. The minimum absolute atomic E-state index is 1.06. The van der Waals surface area contributed by atoms with Crippen LogP contribution in [0.2, 0.25) is 0 Å². The highest BCUT2D eigenvalue weighted by molar-refractivity contribution is 6.10. The maximum absolute atomic E-state index is 3.71. The van der Waals surface area contributed by atoms with E-state index in [-0.39, 0.29) is 0 Å². The quantitative estimate of drug-likeness (QED) is 0.184. The van der Waals surface area contributed by atoms with Crippen LogP contribution >= 0.6 is 0 Å². The van der Waals surface area contributed by atoms with Gasteiger partial charge in [-0.3, -0.25) is 0 Å². The first kappa shape index (κ1) is 29.5. The van der Waals surface area contributed by atoms with E-state index in [1.54, 1.807) is 0 Å². The standard InChI is InChI=1S/C48H34N2/c1-3-14-34(15-4-1)37-19-12-22-41(31-37)49-46-26-9-7-24-43(46)40-21-11-18-36(30-40)39-28-29-48-45(33-39)44-25-8-10-27-47(44)50(48)42-23-13-20-38(32-42)35-16-5-2-6-17-35/h1-33,49H. The van der Waals surface area contributed by atoms with E-state index >= 15 is 0 Å². The molecule has 0 unspecified atom stereocenters. The van der Waals surface area contributed by atoms with Gasteiger partial charge in [-0.25, -0.2) is 0 Å². The number of para-hydroxylation sites is 2. The highest BCUT2D eigenvalue weighted by Crippen LogP contribution is 2.38. The van der Waals surface area contributed by atoms with Gasteiger partial charge in [0, 0.05) is 33.4 Å². The van der Waals surface area contributed by atoms with Crippen molar-refractivity contribution in [2.45, 2.75) is 0 Å². The first-order chi connectivity index (χ1) is 24.8.